The molecule has 0 bridgehead atoms. The van der Waals surface area contributed by atoms with Crippen molar-refractivity contribution in [3.05, 3.63) is 0 Å². The van der Waals surface area contributed by atoms with Gasteiger partial charge in [-0.3, -0.25) is 0 Å². The molecule has 1 rings (SSSR count). The molecule has 3 N–H and O–H groups in total. The van der Waals surface area contributed by atoms with Gasteiger partial charge in [-0.05, 0) is 43.7 Å². The summed E-state index contributed by atoms with van der Waals surface area (Å²) in [7, 11) is -1.23. The monoisotopic (exact) mass is 304 g/mol. The standard InChI is InChI=1S/C15H32O4Si/c1-14(2,3)13(19-20(4)5)9-15(17,18)12-7-6-11(8-12)10-16/h11-13,16-18,20H,6-10H2,1-5H3. The predicted molar refractivity (Wildman–Crippen MR) is 82.9 cm³/mol. The van der Waals surface area contributed by atoms with Crippen molar-refractivity contribution in [2.75, 3.05) is 6.61 Å². The van der Waals surface area contributed by atoms with Gasteiger partial charge in [-0.25, -0.2) is 0 Å². The van der Waals surface area contributed by atoms with E-state index in [1.165, 1.54) is 0 Å². The van der Waals surface area contributed by atoms with Crippen LogP contribution in [0.4, 0.5) is 0 Å². The summed E-state index contributed by atoms with van der Waals surface area (Å²) in [6.45, 7) is 10.6. The van der Waals surface area contributed by atoms with Gasteiger partial charge in [0.2, 0.25) is 0 Å². The van der Waals surface area contributed by atoms with Gasteiger partial charge in [-0.15, -0.1) is 0 Å². The molecule has 0 amide bonds. The van der Waals surface area contributed by atoms with Crippen LogP contribution in [0.2, 0.25) is 13.1 Å². The van der Waals surface area contributed by atoms with Crippen LogP contribution in [0.25, 0.3) is 0 Å². The van der Waals surface area contributed by atoms with Gasteiger partial charge in [-0.2, -0.15) is 0 Å². The fraction of sp³-hybridized carbons (Fsp3) is 1.00. The van der Waals surface area contributed by atoms with Gasteiger partial charge < -0.3 is 19.7 Å². The molecule has 0 spiro atoms. The van der Waals surface area contributed by atoms with Crippen molar-refractivity contribution in [2.24, 2.45) is 17.3 Å². The van der Waals surface area contributed by atoms with Crippen LogP contribution in [0, 0.1) is 17.3 Å². The molecule has 0 saturated heterocycles. The first kappa shape index (κ1) is 18.1. The van der Waals surface area contributed by atoms with Crippen LogP contribution >= 0.6 is 0 Å². The lowest BCUT2D eigenvalue weighted by molar-refractivity contribution is -0.221. The van der Waals surface area contributed by atoms with Gasteiger partial charge >= 0.3 is 0 Å². The first-order valence-electron chi connectivity index (χ1n) is 7.77. The van der Waals surface area contributed by atoms with Crippen LogP contribution in [0.5, 0.6) is 0 Å². The second kappa shape index (κ2) is 6.88. The molecule has 5 heteroatoms. The first-order chi connectivity index (χ1) is 9.06. The first-order valence-corrected chi connectivity index (χ1v) is 10.6. The van der Waals surface area contributed by atoms with Crippen molar-refractivity contribution in [1.29, 1.82) is 0 Å². The third-order valence-corrected chi connectivity index (χ3v) is 5.21. The van der Waals surface area contributed by atoms with Gasteiger partial charge in [-0.1, -0.05) is 20.8 Å². The van der Waals surface area contributed by atoms with Crippen molar-refractivity contribution in [2.45, 2.75) is 71.4 Å². The third kappa shape index (κ3) is 5.11. The SMILES string of the molecule is C[SiH](C)OC(CC(O)(O)C1CCC(CO)C1)C(C)(C)C. The van der Waals surface area contributed by atoms with Gasteiger partial charge in [0.25, 0.3) is 0 Å². The van der Waals surface area contributed by atoms with Crippen LogP contribution in [-0.4, -0.2) is 42.9 Å². The van der Waals surface area contributed by atoms with Gasteiger partial charge in [0.05, 0.1) is 6.10 Å². The summed E-state index contributed by atoms with van der Waals surface area (Å²) < 4.78 is 6.03. The number of aliphatic hydroxyl groups excluding tert-OH is 1. The molecule has 0 heterocycles. The van der Waals surface area contributed by atoms with Crippen LogP contribution in [-0.2, 0) is 4.43 Å². The predicted octanol–water partition coefficient (Wildman–Crippen LogP) is 1.88. The second-order valence-electron chi connectivity index (χ2n) is 7.68. The smallest absolute Gasteiger partial charge is 0.171 e. The maximum atomic E-state index is 10.5. The van der Waals surface area contributed by atoms with E-state index in [0.29, 0.717) is 6.42 Å². The van der Waals surface area contributed by atoms with Crippen LogP contribution in [0.1, 0.15) is 46.5 Å². The molecule has 120 valence electrons. The van der Waals surface area contributed by atoms with E-state index in [4.69, 9.17) is 4.43 Å². The Morgan fingerprint density at radius 2 is 1.80 bits per heavy atom. The molecular formula is C15H32O4Si. The van der Waals surface area contributed by atoms with Gasteiger partial charge in [0, 0.05) is 18.9 Å². The summed E-state index contributed by atoms with van der Waals surface area (Å²) in [4.78, 5) is 0. The van der Waals surface area contributed by atoms with E-state index in [9.17, 15) is 15.3 Å². The number of aliphatic hydroxyl groups is 3. The third-order valence-electron chi connectivity index (χ3n) is 4.34. The largest absolute Gasteiger partial charge is 0.417 e. The van der Waals surface area contributed by atoms with E-state index in [1.807, 2.05) is 0 Å². The average Bonchev–Trinajstić information content (AvgIpc) is 2.75. The lowest BCUT2D eigenvalue weighted by Gasteiger charge is -2.39. The molecule has 1 aliphatic rings. The maximum Gasteiger partial charge on any atom is 0.171 e. The zero-order valence-corrected chi connectivity index (χ0v) is 14.7. The Morgan fingerprint density at radius 3 is 2.20 bits per heavy atom. The Morgan fingerprint density at radius 1 is 1.20 bits per heavy atom. The van der Waals surface area contributed by atoms with Gasteiger partial charge in [0.1, 0.15) is 0 Å². The van der Waals surface area contributed by atoms with Crippen LogP contribution in [0.15, 0.2) is 0 Å². The average molecular weight is 305 g/mol. The molecule has 0 aromatic rings. The maximum absolute atomic E-state index is 10.5. The molecule has 0 aromatic carbocycles. The Labute approximate surface area is 124 Å². The highest BCUT2D eigenvalue weighted by Crippen LogP contribution is 2.40. The number of hydrogen-bond acceptors (Lipinski definition) is 4. The molecule has 20 heavy (non-hydrogen) atoms. The molecule has 0 aliphatic heterocycles. The summed E-state index contributed by atoms with van der Waals surface area (Å²) in [5, 5.41) is 30.2. The summed E-state index contributed by atoms with van der Waals surface area (Å²) in [6.07, 6.45) is 2.46. The molecule has 3 unspecified atom stereocenters. The molecule has 1 saturated carbocycles. The molecule has 3 atom stereocenters. The minimum absolute atomic E-state index is 0.108. The summed E-state index contributed by atoms with van der Waals surface area (Å²) in [5.74, 6) is -1.63. The molecule has 1 aliphatic carbocycles. The fourth-order valence-electron chi connectivity index (χ4n) is 2.99. The Balaban J connectivity index is 2.70. The fourth-order valence-corrected chi connectivity index (χ4v) is 4.15. The Hall–Kier alpha value is 0.0569. The molecule has 1 fully saturated rings. The van der Waals surface area contributed by atoms with E-state index in [-0.39, 0.29) is 36.4 Å². The quantitative estimate of drug-likeness (QED) is 0.518. The van der Waals surface area contributed by atoms with E-state index in [1.54, 1.807) is 0 Å². The summed E-state index contributed by atoms with van der Waals surface area (Å²) in [6, 6.07) is 0. The van der Waals surface area contributed by atoms with Crippen molar-refractivity contribution in [3.63, 3.8) is 0 Å². The lowest BCUT2D eigenvalue weighted by atomic mass is 9.81. The highest BCUT2D eigenvalue weighted by atomic mass is 28.3. The zero-order valence-electron chi connectivity index (χ0n) is 13.6. The van der Waals surface area contributed by atoms with E-state index in [2.05, 4.69) is 33.9 Å². The Bertz CT molecular complexity index is 299. The number of hydrogen-bond donors (Lipinski definition) is 3. The second-order valence-corrected chi connectivity index (χ2v) is 10.1. The molecular weight excluding hydrogens is 272 g/mol. The van der Waals surface area contributed by atoms with E-state index in [0.717, 1.165) is 12.8 Å². The van der Waals surface area contributed by atoms with Gasteiger partial charge in [0.15, 0.2) is 14.8 Å². The van der Waals surface area contributed by atoms with Crippen molar-refractivity contribution in [3.8, 4) is 0 Å². The van der Waals surface area contributed by atoms with E-state index >= 15 is 0 Å². The zero-order chi connectivity index (χ0) is 15.6. The van der Waals surface area contributed by atoms with E-state index < -0.39 is 14.8 Å². The Kier molecular flexibility index (Phi) is 6.23. The topological polar surface area (TPSA) is 69.9 Å². The van der Waals surface area contributed by atoms with Crippen LogP contribution < -0.4 is 0 Å². The lowest BCUT2D eigenvalue weighted by Crippen LogP contribution is -2.45. The molecule has 4 nitrogen and oxygen atoms in total. The molecule has 0 radical (unpaired) electrons. The highest BCUT2D eigenvalue weighted by Gasteiger charge is 2.43. The molecule has 0 aromatic heterocycles. The van der Waals surface area contributed by atoms with Crippen molar-refractivity contribution in [1.82, 2.24) is 0 Å². The van der Waals surface area contributed by atoms with Crippen LogP contribution in [0.3, 0.4) is 0 Å². The summed E-state index contributed by atoms with van der Waals surface area (Å²) >= 11 is 0. The highest BCUT2D eigenvalue weighted by molar-refractivity contribution is 6.48. The minimum Gasteiger partial charge on any atom is -0.417 e. The van der Waals surface area contributed by atoms with Crippen molar-refractivity contribution >= 4 is 9.04 Å². The normalized spacial score (nSPS) is 26.2. The van der Waals surface area contributed by atoms with Crippen molar-refractivity contribution < 1.29 is 19.7 Å². The minimum atomic E-state index is -1.69. The number of rotatable bonds is 6. The summed E-state index contributed by atoms with van der Waals surface area (Å²) in [5.41, 5.74) is -0.108.